The fourth-order valence-corrected chi connectivity index (χ4v) is 2.37. The number of nitrogens with two attached hydrogens (primary N) is 1. The van der Waals surface area contributed by atoms with Gasteiger partial charge in [-0.1, -0.05) is 19.1 Å². The molecule has 1 heterocycles. The number of unbranched alkanes of at least 4 members (excludes halogenated alkanes) is 1. The quantitative estimate of drug-likeness (QED) is 0.455. The number of rotatable bonds is 7. The molecule has 0 radical (unpaired) electrons. The standard InChI is InChI=1S/C15H22N4/c1-2-7-15-18-12-8-3-4-9-13(12)19(15)11-6-5-10-14(16)17/h3-4,8-9H,2,5-7,10-11H2,1H3,(H3,16,17). The van der Waals surface area contributed by atoms with Crippen molar-refractivity contribution in [3.63, 3.8) is 0 Å². The lowest BCUT2D eigenvalue weighted by molar-refractivity contribution is 0.601. The smallest absolute Gasteiger partial charge is 0.109 e. The summed E-state index contributed by atoms with van der Waals surface area (Å²) >= 11 is 0. The highest BCUT2D eigenvalue weighted by atomic mass is 15.1. The molecule has 0 unspecified atom stereocenters. The summed E-state index contributed by atoms with van der Waals surface area (Å²) in [5, 5.41) is 7.25. The maximum absolute atomic E-state index is 7.25. The summed E-state index contributed by atoms with van der Waals surface area (Å²) in [4.78, 5) is 4.71. The molecule has 0 amide bonds. The van der Waals surface area contributed by atoms with Gasteiger partial charge < -0.3 is 10.3 Å². The molecule has 4 nitrogen and oxygen atoms in total. The van der Waals surface area contributed by atoms with Gasteiger partial charge >= 0.3 is 0 Å². The van der Waals surface area contributed by atoms with Crippen molar-refractivity contribution < 1.29 is 0 Å². The van der Waals surface area contributed by atoms with Crippen molar-refractivity contribution in [2.75, 3.05) is 0 Å². The van der Waals surface area contributed by atoms with Crippen LogP contribution in [0.1, 0.15) is 38.4 Å². The Morgan fingerprint density at radius 3 is 2.84 bits per heavy atom. The Bertz CT molecular complexity index is 556. The van der Waals surface area contributed by atoms with Crippen LogP contribution in [0.4, 0.5) is 0 Å². The third kappa shape index (κ3) is 3.34. The van der Waals surface area contributed by atoms with Crippen LogP contribution in [0.5, 0.6) is 0 Å². The minimum atomic E-state index is 0.282. The van der Waals surface area contributed by atoms with Crippen LogP contribution in [0.2, 0.25) is 0 Å². The Kier molecular flexibility index (Phi) is 4.55. The average Bonchev–Trinajstić information content (AvgIpc) is 2.73. The third-order valence-corrected chi connectivity index (χ3v) is 3.29. The second-order valence-electron chi connectivity index (χ2n) is 4.90. The van der Waals surface area contributed by atoms with Gasteiger partial charge in [-0.15, -0.1) is 0 Å². The zero-order chi connectivity index (χ0) is 13.7. The molecule has 3 N–H and O–H groups in total. The fraction of sp³-hybridized carbons (Fsp3) is 0.467. The second-order valence-corrected chi connectivity index (χ2v) is 4.90. The second kappa shape index (κ2) is 6.36. The summed E-state index contributed by atoms with van der Waals surface area (Å²) in [6, 6.07) is 8.30. The van der Waals surface area contributed by atoms with Crippen molar-refractivity contribution in [3.8, 4) is 0 Å². The molecule has 0 aliphatic heterocycles. The van der Waals surface area contributed by atoms with E-state index in [1.165, 1.54) is 11.3 Å². The van der Waals surface area contributed by atoms with Gasteiger partial charge in [-0.3, -0.25) is 5.41 Å². The van der Waals surface area contributed by atoms with Crippen LogP contribution >= 0.6 is 0 Å². The van der Waals surface area contributed by atoms with Gasteiger partial charge in [-0.05, 0) is 31.4 Å². The Labute approximate surface area is 114 Å². The summed E-state index contributed by atoms with van der Waals surface area (Å²) < 4.78 is 2.32. The van der Waals surface area contributed by atoms with Gasteiger partial charge in [0.1, 0.15) is 5.82 Å². The normalized spacial score (nSPS) is 11.0. The van der Waals surface area contributed by atoms with Crippen LogP contribution in [-0.2, 0) is 13.0 Å². The number of benzene rings is 1. The van der Waals surface area contributed by atoms with Crippen LogP contribution in [0.15, 0.2) is 24.3 Å². The van der Waals surface area contributed by atoms with E-state index in [0.29, 0.717) is 6.42 Å². The van der Waals surface area contributed by atoms with E-state index < -0.39 is 0 Å². The average molecular weight is 258 g/mol. The lowest BCUT2D eigenvalue weighted by Crippen LogP contribution is -2.10. The van der Waals surface area contributed by atoms with Gasteiger partial charge in [0.2, 0.25) is 0 Å². The molecule has 0 saturated carbocycles. The van der Waals surface area contributed by atoms with E-state index in [-0.39, 0.29) is 5.84 Å². The highest BCUT2D eigenvalue weighted by Crippen LogP contribution is 2.18. The number of hydrogen-bond acceptors (Lipinski definition) is 2. The summed E-state index contributed by atoms with van der Waals surface area (Å²) in [7, 11) is 0. The minimum absolute atomic E-state index is 0.282. The zero-order valence-corrected chi connectivity index (χ0v) is 11.5. The monoisotopic (exact) mass is 258 g/mol. The van der Waals surface area contributed by atoms with Crippen LogP contribution < -0.4 is 5.73 Å². The number of aromatic nitrogens is 2. The van der Waals surface area contributed by atoms with Gasteiger partial charge in [0, 0.05) is 19.4 Å². The van der Waals surface area contributed by atoms with Crippen LogP contribution in [0.25, 0.3) is 11.0 Å². The third-order valence-electron chi connectivity index (χ3n) is 3.29. The van der Waals surface area contributed by atoms with Crippen LogP contribution in [0, 0.1) is 5.41 Å². The van der Waals surface area contributed by atoms with Crippen LogP contribution in [-0.4, -0.2) is 15.4 Å². The van der Waals surface area contributed by atoms with Crippen molar-refractivity contribution in [2.45, 2.75) is 45.6 Å². The summed E-state index contributed by atoms with van der Waals surface area (Å²) in [5.41, 5.74) is 7.68. The number of hydrogen-bond donors (Lipinski definition) is 2. The molecule has 0 fully saturated rings. The molecular weight excluding hydrogens is 236 g/mol. The Hall–Kier alpha value is -1.84. The van der Waals surface area contributed by atoms with Gasteiger partial charge in [0.05, 0.1) is 16.9 Å². The predicted molar refractivity (Wildman–Crippen MR) is 79.5 cm³/mol. The number of imidazole rings is 1. The first-order valence-corrected chi connectivity index (χ1v) is 6.99. The summed E-state index contributed by atoms with van der Waals surface area (Å²) in [5.74, 6) is 1.45. The molecule has 2 rings (SSSR count). The van der Waals surface area contributed by atoms with E-state index in [0.717, 1.165) is 37.7 Å². The first-order valence-electron chi connectivity index (χ1n) is 6.99. The lowest BCUT2D eigenvalue weighted by atomic mass is 10.2. The minimum Gasteiger partial charge on any atom is -0.388 e. The van der Waals surface area contributed by atoms with Gasteiger partial charge in [-0.2, -0.15) is 0 Å². The zero-order valence-electron chi connectivity index (χ0n) is 11.5. The SMILES string of the molecule is CCCc1nc2ccccc2n1CCCCC(=N)N. The number of fused-ring (bicyclic) bond motifs is 1. The van der Waals surface area contributed by atoms with Gasteiger partial charge in [0.25, 0.3) is 0 Å². The fourth-order valence-electron chi connectivity index (χ4n) is 2.37. The Morgan fingerprint density at radius 2 is 2.11 bits per heavy atom. The maximum atomic E-state index is 7.25. The number of amidine groups is 1. The van der Waals surface area contributed by atoms with Crippen molar-refractivity contribution in [1.82, 2.24) is 9.55 Å². The summed E-state index contributed by atoms with van der Waals surface area (Å²) in [6.07, 6.45) is 4.82. The Balaban J connectivity index is 2.14. The molecule has 102 valence electrons. The molecule has 2 aromatic rings. The number of nitrogens with one attached hydrogen (secondary N) is 1. The largest absolute Gasteiger partial charge is 0.388 e. The first-order chi connectivity index (χ1) is 9.22. The molecular formula is C15H22N4. The first kappa shape index (κ1) is 13.6. The molecule has 0 spiro atoms. The molecule has 19 heavy (non-hydrogen) atoms. The number of aryl methyl sites for hydroxylation is 2. The molecule has 0 saturated heterocycles. The van der Waals surface area contributed by atoms with Crippen LogP contribution in [0.3, 0.4) is 0 Å². The molecule has 0 aliphatic rings. The molecule has 0 atom stereocenters. The van der Waals surface area contributed by atoms with Crippen molar-refractivity contribution in [1.29, 1.82) is 5.41 Å². The molecule has 0 bridgehead atoms. The molecule has 0 aliphatic carbocycles. The van der Waals surface area contributed by atoms with Gasteiger partial charge in [-0.25, -0.2) is 4.98 Å². The molecule has 4 heteroatoms. The molecule has 1 aromatic carbocycles. The highest BCUT2D eigenvalue weighted by Gasteiger charge is 2.08. The van der Waals surface area contributed by atoms with E-state index in [1.807, 2.05) is 6.07 Å². The van der Waals surface area contributed by atoms with Crippen molar-refractivity contribution in [3.05, 3.63) is 30.1 Å². The topological polar surface area (TPSA) is 67.7 Å². The van der Waals surface area contributed by atoms with Gasteiger partial charge in [0.15, 0.2) is 0 Å². The van der Waals surface area contributed by atoms with E-state index in [4.69, 9.17) is 16.1 Å². The highest BCUT2D eigenvalue weighted by molar-refractivity contribution is 5.77. The molecule has 1 aromatic heterocycles. The van der Waals surface area contributed by atoms with E-state index in [2.05, 4.69) is 29.7 Å². The van der Waals surface area contributed by atoms with Crippen molar-refractivity contribution >= 4 is 16.9 Å². The van der Waals surface area contributed by atoms with Crippen molar-refractivity contribution in [2.24, 2.45) is 5.73 Å². The lowest BCUT2D eigenvalue weighted by Gasteiger charge is -2.08. The summed E-state index contributed by atoms with van der Waals surface area (Å²) in [6.45, 7) is 3.14. The van der Waals surface area contributed by atoms with E-state index in [1.54, 1.807) is 0 Å². The Morgan fingerprint density at radius 1 is 1.32 bits per heavy atom. The number of nitrogens with zero attached hydrogens (tertiary/aromatic N) is 2. The predicted octanol–water partition coefficient (Wildman–Crippen LogP) is 3.10. The number of para-hydroxylation sites is 2. The van der Waals surface area contributed by atoms with E-state index in [9.17, 15) is 0 Å². The van der Waals surface area contributed by atoms with E-state index >= 15 is 0 Å². The maximum Gasteiger partial charge on any atom is 0.109 e.